The number of carbonyl (C=O) groups is 1. The molecule has 3 N–H and O–H groups in total. The predicted molar refractivity (Wildman–Crippen MR) is 49.8 cm³/mol. The Hall–Kier alpha value is -1.78. The lowest BCUT2D eigenvalue weighted by molar-refractivity contribution is 0.0692. The maximum absolute atomic E-state index is 11.3. The van der Waals surface area contributed by atoms with E-state index in [1.165, 1.54) is 6.92 Å². The van der Waals surface area contributed by atoms with Crippen LogP contribution in [0.15, 0.2) is 4.79 Å². The molecule has 0 aromatic carbocycles. The first-order chi connectivity index (χ1) is 6.49. The van der Waals surface area contributed by atoms with E-state index in [4.69, 9.17) is 5.11 Å². The molecule has 0 spiro atoms. The highest BCUT2D eigenvalue weighted by Crippen LogP contribution is 2.21. The van der Waals surface area contributed by atoms with Crippen LogP contribution in [0.3, 0.4) is 0 Å². The Balaban J connectivity index is 3.60. The van der Waals surface area contributed by atoms with Gasteiger partial charge in [0.25, 0.3) is 5.56 Å². The first kappa shape index (κ1) is 10.3. The van der Waals surface area contributed by atoms with Crippen LogP contribution < -0.4 is 5.56 Å². The third-order valence-electron chi connectivity index (χ3n) is 2.04. The number of aromatic hydroxyl groups is 1. The number of carboxylic acid groups (broad SMARTS) is 1. The van der Waals surface area contributed by atoms with Gasteiger partial charge in [-0.25, -0.2) is 4.79 Å². The van der Waals surface area contributed by atoms with Gasteiger partial charge >= 0.3 is 5.97 Å². The molecule has 0 amide bonds. The summed E-state index contributed by atoms with van der Waals surface area (Å²) in [7, 11) is 0. The van der Waals surface area contributed by atoms with Gasteiger partial charge in [-0.05, 0) is 13.3 Å². The fraction of sp³-hybridized carbons (Fsp3) is 0.333. The lowest BCUT2D eigenvalue weighted by atomic mass is 10.1. The third-order valence-corrected chi connectivity index (χ3v) is 2.04. The van der Waals surface area contributed by atoms with Crippen LogP contribution in [0.25, 0.3) is 0 Å². The van der Waals surface area contributed by atoms with E-state index in [2.05, 4.69) is 4.98 Å². The number of nitrogens with one attached hydrogen (secondary N) is 1. The molecule has 1 aromatic heterocycles. The molecule has 0 saturated carbocycles. The molecule has 0 radical (unpaired) electrons. The van der Waals surface area contributed by atoms with Crippen LogP contribution in [0, 0.1) is 6.92 Å². The summed E-state index contributed by atoms with van der Waals surface area (Å²) in [6.07, 6.45) is 0.293. The van der Waals surface area contributed by atoms with E-state index >= 15 is 0 Å². The Morgan fingerprint density at radius 3 is 2.50 bits per heavy atom. The number of hydrogen-bond acceptors (Lipinski definition) is 3. The zero-order chi connectivity index (χ0) is 10.9. The normalized spacial score (nSPS) is 10.1. The van der Waals surface area contributed by atoms with Crippen LogP contribution in [0.4, 0.5) is 0 Å². The number of carboxylic acids is 1. The van der Waals surface area contributed by atoms with Gasteiger partial charge in [0.2, 0.25) is 0 Å². The number of aromatic carboxylic acids is 1. The topological polar surface area (TPSA) is 90.4 Å². The average Bonchev–Trinajstić information content (AvgIpc) is 2.02. The Morgan fingerprint density at radius 2 is 2.07 bits per heavy atom. The summed E-state index contributed by atoms with van der Waals surface area (Å²) < 4.78 is 0. The summed E-state index contributed by atoms with van der Waals surface area (Å²) >= 11 is 0. The predicted octanol–water partition coefficient (Wildman–Crippen LogP) is 0.650. The molecule has 1 aromatic rings. The number of rotatable bonds is 2. The smallest absolute Gasteiger partial charge is 0.341 e. The second kappa shape index (κ2) is 3.53. The minimum Gasteiger partial charge on any atom is -0.506 e. The first-order valence-corrected chi connectivity index (χ1v) is 4.17. The fourth-order valence-electron chi connectivity index (χ4n) is 1.33. The maximum atomic E-state index is 11.3. The van der Waals surface area contributed by atoms with E-state index in [0.29, 0.717) is 6.42 Å². The summed E-state index contributed by atoms with van der Waals surface area (Å²) in [5, 5.41) is 18.3. The molecule has 14 heavy (non-hydrogen) atoms. The van der Waals surface area contributed by atoms with Gasteiger partial charge in [0, 0.05) is 5.69 Å². The van der Waals surface area contributed by atoms with E-state index in [1.54, 1.807) is 6.92 Å². The Bertz CT molecular complexity index is 433. The Morgan fingerprint density at radius 1 is 1.50 bits per heavy atom. The number of aryl methyl sites for hydroxylation is 1. The van der Waals surface area contributed by atoms with Gasteiger partial charge in [0.15, 0.2) is 0 Å². The van der Waals surface area contributed by atoms with E-state index < -0.39 is 17.3 Å². The molecule has 0 aliphatic rings. The highest BCUT2D eigenvalue weighted by Gasteiger charge is 2.18. The number of H-pyrrole nitrogens is 1. The summed E-state index contributed by atoms with van der Waals surface area (Å²) in [4.78, 5) is 24.4. The molecule has 0 saturated heterocycles. The highest BCUT2D eigenvalue weighted by molar-refractivity contribution is 5.92. The maximum Gasteiger partial charge on any atom is 0.341 e. The number of hydrogen-bond donors (Lipinski definition) is 3. The van der Waals surface area contributed by atoms with Crippen molar-refractivity contribution < 1.29 is 15.0 Å². The zero-order valence-corrected chi connectivity index (χ0v) is 7.92. The van der Waals surface area contributed by atoms with Crippen LogP contribution >= 0.6 is 0 Å². The molecule has 1 rings (SSSR count). The van der Waals surface area contributed by atoms with Crippen LogP contribution in [0.1, 0.15) is 28.5 Å². The van der Waals surface area contributed by atoms with Crippen molar-refractivity contribution in [1.29, 1.82) is 0 Å². The standard InChI is InChI=1S/C9H11NO4/c1-3-5-7(11)6(9(13)14)4(2)10-8(5)12/h3H2,1-2H3,(H,13,14)(H2,10,11,12). The summed E-state index contributed by atoms with van der Waals surface area (Å²) in [6.45, 7) is 3.11. The van der Waals surface area contributed by atoms with Gasteiger partial charge in [0.1, 0.15) is 11.3 Å². The van der Waals surface area contributed by atoms with Crippen molar-refractivity contribution in [1.82, 2.24) is 4.98 Å². The van der Waals surface area contributed by atoms with E-state index in [9.17, 15) is 14.7 Å². The van der Waals surface area contributed by atoms with Gasteiger partial charge in [-0.1, -0.05) is 6.92 Å². The summed E-state index contributed by atoms with van der Waals surface area (Å²) in [5.74, 6) is -1.67. The van der Waals surface area contributed by atoms with Crippen molar-refractivity contribution in [3.8, 4) is 5.75 Å². The van der Waals surface area contributed by atoms with Crippen molar-refractivity contribution in [2.75, 3.05) is 0 Å². The molecule has 0 fully saturated rings. The molecule has 0 unspecified atom stereocenters. The monoisotopic (exact) mass is 197 g/mol. The van der Waals surface area contributed by atoms with Crippen molar-refractivity contribution in [3.63, 3.8) is 0 Å². The van der Waals surface area contributed by atoms with Gasteiger partial charge in [-0.3, -0.25) is 4.79 Å². The molecule has 0 bridgehead atoms. The molecular weight excluding hydrogens is 186 g/mol. The van der Waals surface area contributed by atoms with Crippen LogP contribution in [0.5, 0.6) is 5.75 Å². The van der Waals surface area contributed by atoms with Crippen molar-refractivity contribution in [2.24, 2.45) is 0 Å². The van der Waals surface area contributed by atoms with Crippen molar-refractivity contribution >= 4 is 5.97 Å². The van der Waals surface area contributed by atoms with E-state index in [-0.39, 0.29) is 16.8 Å². The minimum absolute atomic E-state index is 0.105. The van der Waals surface area contributed by atoms with Crippen molar-refractivity contribution in [3.05, 3.63) is 27.2 Å². The molecular formula is C9H11NO4. The Labute approximate surface area is 80.0 Å². The van der Waals surface area contributed by atoms with Crippen LogP contribution in [-0.4, -0.2) is 21.2 Å². The zero-order valence-electron chi connectivity index (χ0n) is 7.92. The van der Waals surface area contributed by atoms with Gasteiger partial charge in [0.05, 0.1) is 5.56 Å². The average molecular weight is 197 g/mol. The molecule has 5 heteroatoms. The lowest BCUT2D eigenvalue weighted by Gasteiger charge is -2.06. The minimum atomic E-state index is -1.24. The molecule has 5 nitrogen and oxygen atoms in total. The second-order valence-electron chi connectivity index (χ2n) is 2.94. The number of aromatic amines is 1. The SMILES string of the molecule is CCc1c(O)c(C(=O)O)c(C)[nH]c1=O. The van der Waals surface area contributed by atoms with Gasteiger partial charge < -0.3 is 15.2 Å². The first-order valence-electron chi connectivity index (χ1n) is 4.17. The molecule has 0 aliphatic carbocycles. The Kier molecular flexibility index (Phi) is 2.60. The lowest BCUT2D eigenvalue weighted by Crippen LogP contribution is -2.17. The number of aromatic nitrogens is 1. The molecule has 76 valence electrons. The van der Waals surface area contributed by atoms with Gasteiger partial charge in [-0.2, -0.15) is 0 Å². The fourth-order valence-corrected chi connectivity index (χ4v) is 1.33. The van der Waals surface area contributed by atoms with Crippen LogP contribution in [-0.2, 0) is 6.42 Å². The largest absolute Gasteiger partial charge is 0.506 e. The van der Waals surface area contributed by atoms with Gasteiger partial charge in [-0.15, -0.1) is 0 Å². The molecule has 0 aliphatic heterocycles. The summed E-state index contributed by atoms with van der Waals surface area (Å²) in [5.41, 5.74) is -0.404. The number of pyridine rings is 1. The quantitative estimate of drug-likeness (QED) is 0.649. The summed E-state index contributed by atoms with van der Waals surface area (Å²) in [6, 6.07) is 0. The second-order valence-corrected chi connectivity index (χ2v) is 2.94. The van der Waals surface area contributed by atoms with Crippen molar-refractivity contribution in [2.45, 2.75) is 20.3 Å². The highest BCUT2D eigenvalue weighted by atomic mass is 16.4. The molecule has 1 heterocycles. The third kappa shape index (κ3) is 1.48. The van der Waals surface area contributed by atoms with E-state index in [1.807, 2.05) is 0 Å². The van der Waals surface area contributed by atoms with E-state index in [0.717, 1.165) is 0 Å². The molecule has 0 atom stereocenters. The van der Waals surface area contributed by atoms with Crippen LogP contribution in [0.2, 0.25) is 0 Å².